The van der Waals surface area contributed by atoms with Gasteiger partial charge in [0.15, 0.2) is 0 Å². The normalized spacial score (nSPS) is 9.80. The summed E-state index contributed by atoms with van der Waals surface area (Å²) in [6.07, 6.45) is 0. The van der Waals surface area contributed by atoms with Crippen molar-refractivity contribution >= 4 is 23.0 Å². The van der Waals surface area contributed by atoms with Crippen LogP contribution in [0.15, 0.2) is 30.3 Å². The van der Waals surface area contributed by atoms with Crippen molar-refractivity contribution in [2.24, 2.45) is 0 Å². The highest BCUT2D eigenvalue weighted by atomic mass is 16.6. The number of nitrogen functional groups attached to an aromatic ring is 1. The summed E-state index contributed by atoms with van der Waals surface area (Å²) in [5, 5.41) is 22.7. The van der Waals surface area contributed by atoms with E-state index < -0.39 is 4.92 Å². The Morgan fingerprint density at radius 2 is 2.15 bits per heavy atom. The van der Waals surface area contributed by atoms with Crippen molar-refractivity contribution in [1.82, 2.24) is 4.98 Å². The predicted octanol–water partition coefficient (Wildman–Crippen LogP) is 2.50. The number of hydrogen-bond acceptors (Lipinski definition) is 6. The molecule has 0 amide bonds. The summed E-state index contributed by atoms with van der Waals surface area (Å²) < 4.78 is 0. The lowest BCUT2D eigenvalue weighted by Gasteiger charge is -2.09. The molecule has 2 aromatic rings. The summed E-state index contributed by atoms with van der Waals surface area (Å²) in [5.74, 6) is 0.223. The molecule has 3 N–H and O–H groups in total. The molecule has 0 saturated heterocycles. The fourth-order valence-corrected chi connectivity index (χ4v) is 1.66. The Labute approximate surface area is 114 Å². The Morgan fingerprint density at radius 3 is 2.80 bits per heavy atom. The molecule has 0 unspecified atom stereocenters. The van der Waals surface area contributed by atoms with E-state index in [1.54, 1.807) is 18.2 Å². The van der Waals surface area contributed by atoms with Gasteiger partial charge in [-0.25, -0.2) is 4.98 Å². The van der Waals surface area contributed by atoms with Gasteiger partial charge in [-0.2, -0.15) is 5.26 Å². The third-order valence-electron chi connectivity index (χ3n) is 2.71. The van der Waals surface area contributed by atoms with E-state index in [1.807, 2.05) is 13.0 Å². The van der Waals surface area contributed by atoms with Crippen LogP contribution in [-0.4, -0.2) is 9.91 Å². The zero-order chi connectivity index (χ0) is 14.7. The molecular weight excluding hydrogens is 258 g/mol. The Balaban J connectivity index is 2.47. The minimum atomic E-state index is -0.543. The van der Waals surface area contributed by atoms with Gasteiger partial charge in [-0.05, 0) is 30.7 Å². The van der Waals surface area contributed by atoms with Crippen molar-refractivity contribution in [3.05, 3.63) is 51.6 Å². The number of nitro groups is 1. The first kappa shape index (κ1) is 13.3. The van der Waals surface area contributed by atoms with E-state index in [0.717, 1.165) is 5.56 Å². The number of aromatic nitrogens is 1. The van der Waals surface area contributed by atoms with E-state index in [9.17, 15) is 10.1 Å². The molecule has 1 heterocycles. The Bertz CT molecular complexity index is 721. The summed E-state index contributed by atoms with van der Waals surface area (Å²) in [7, 11) is 0. The van der Waals surface area contributed by atoms with Crippen molar-refractivity contribution in [1.29, 1.82) is 5.26 Å². The number of aryl methyl sites for hydroxylation is 1. The number of nitrogens with zero attached hydrogens (tertiary/aromatic N) is 3. The molecule has 1 aromatic heterocycles. The van der Waals surface area contributed by atoms with Gasteiger partial charge < -0.3 is 11.1 Å². The van der Waals surface area contributed by atoms with Crippen LogP contribution >= 0.6 is 0 Å². The maximum absolute atomic E-state index is 11.0. The average molecular weight is 269 g/mol. The molecule has 0 bridgehead atoms. The second-order valence-corrected chi connectivity index (χ2v) is 4.13. The summed E-state index contributed by atoms with van der Waals surface area (Å²) in [4.78, 5) is 14.3. The molecule has 0 aliphatic heterocycles. The quantitative estimate of drug-likeness (QED) is 0.652. The summed E-state index contributed by atoms with van der Waals surface area (Å²) in [6, 6.07) is 9.68. The summed E-state index contributed by atoms with van der Waals surface area (Å²) in [5.41, 5.74) is 7.23. The number of nitrogens with one attached hydrogen (secondary N) is 1. The van der Waals surface area contributed by atoms with Crippen LogP contribution in [0.4, 0.5) is 23.0 Å². The average Bonchev–Trinajstić information content (AvgIpc) is 2.41. The first-order valence-corrected chi connectivity index (χ1v) is 5.70. The zero-order valence-electron chi connectivity index (χ0n) is 10.6. The number of anilines is 3. The van der Waals surface area contributed by atoms with Gasteiger partial charge in [-0.1, -0.05) is 6.07 Å². The maximum Gasteiger partial charge on any atom is 0.311 e. The third-order valence-corrected chi connectivity index (χ3v) is 2.71. The maximum atomic E-state index is 11.0. The van der Waals surface area contributed by atoms with E-state index in [1.165, 1.54) is 12.1 Å². The van der Waals surface area contributed by atoms with Gasteiger partial charge >= 0.3 is 5.69 Å². The Kier molecular flexibility index (Phi) is 3.48. The molecule has 100 valence electrons. The summed E-state index contributed by atoms with van der Waals surface area (Å²) in [6.45, 7) is 1.82. The SMILES string of the molecule is Cc1ccc(C#N)cc1Nc1nc(N)ccc1[N+](=O)[O-]. The van der Waals surface area contributed by atoms with Gasteiger partial charge in [0.2, 0.25) is 5.82 Å². The molecule has 2 rings (SSSR count). The number of nitrogens with two attached hydrogens (primary N) is 1. The molecule has 0 spiro atoms. The molecule has 0 aliphatic rings. The van der Waals surface area contributed by atoms with Crippen LogP contribution < -0.4 is 11.1 Å². The molecule has 7 heteroatoms. The second-order valence-electron chi connectivity index (χ2n) is 4.13. The lowest BCUT2D eigenvalue weighted by Crippen LogP contribution is -2.03. The van der Waals surface area contributed by atoms with Crippen LogP contribution in [0, 0.1) is 28.4 Å². The van der Waals surface area contributed by atoms with Gasteiger partial charge in [0.25, 0.3) is 0 Å². The molecule has 0 fully saturated rings. The fourth-order valence-electron chi connectivity index (χ4n) is 1.66. The minimum absolute atomic E-state index is 0.0492. The number of rotatable bonds is 3. The van der Waals surface area contributed by atoms with Gasteiger partial charge in [0, 0.05) is 11.8 Å². The zero-order valence-corrected chi connectivity index (χ0v) is 10.6. The van der Waals surface area contributed by atoms with Crippen molar-refractivity contribution in [3.63, 3.8) is 0 Å². The van der Waals surface area contributed by atoms with Crippen LogP contribution in [0.1, 0.15) is 11.1 Å². The second kappa shape index (κ2) is 5.24. The third kappa shape index (κ3) is 2.64. The van der Waals surface area contributed by atoms with Crippen LogP contribution in [0.25, 0.3) is 0 Å². The topological polar surface area (TPSA) is 118 Å². The Hall–Kier alpha value is -3.14. The van der Waals surface area contributed by atoms with Crippen molar-refractivity contribution in [3.8, 4) is 6.07 Å². The molecule has 0 radical (unpaired) electrons. The number of pyridine rings is 1. The van der Waals surface area contributed by atoms with E-state index in [4.69, 9.17) is 11.0 Å². The highest BCUT2D eigenvalue weighted by Crippen LogP contribution is 2.28. The van der Waals surface area contributed by atoms with E-state index in [0.29, 0.717) is 11.3 Å². The molecular formula is C13H11N5O2. The molecule has 1 aromatic carbocycles. The Morgan fingerprint density at radius 1 is 1.40 bits per heavy atom. The number of hydrogen-bond donors (Lipinski definition) is 2. The van der Waals surface area contributed by atoms with Gasteiger partial charge in [0.1, 0.15) is 5.82 Å². The fraction of sp³-hybridized carbons (Fsp3) is 0.0769. The summed E-state index contributed by atoms with van der Waals surface area (Å²) >= 11 is 0. The smallest absolute Gasteiger partial charge is 0.311 e. The largest absolute Gasteiger partial charge is 0.384 e. The van der Waals surface area contributed by atoms with Crippen molar-refractivity contribution in [2.45, 2.75) is 6.92 Å². The lowest BCUT2D eigenvalue weighted by atomic mass is 10.1. The lowest BCUT2D eigenvalue weighted by molar-refractivity contribution is -0.384. The first-order valence-electron chi connectivity index (χ1n) is 5.70. The highest BCUT2D eigenvalue weighted by molar-refractivity contribution is 5.70. The van der Waals surface area contributed by atoms with Crippen LogP contribution in [0.2, 0.25) is 0 Å². The molecule has 7 nitrogen and oxygen atoms in total. The van der Waals surface area contributed by atoms with E-state index >= 15 is 0 Å². The van der Waals surface area contributed by atoms with Gasteiger partial charge in [-0.15, -0.1) is 0 Å². The van der Waals surface area contributed by atoms with Crippen LogP contribution in [-0.2, 0) is 0 Å². The van der Waals surface area contributed by atoms with E-state index in [2.05, 4.69) is 10.3 Å². The molecule has 0 atom stereocenters. The first-order chi connectivity index (χ1) is 9.51. The van der Waals surface area contributed by atoms with Crippen molar-refractivity contribution in [2.75, 3.05) is 11.1 Å². The van der Waals surface area contributed by atoms with E-state index in [-0.39, 0.29) is 17.3 Å². The standard InChI is InChI=1S/C13H11N5O2/c1-8-2-3-9(7-14)6-10(8)16-13-11(18(19)20)4-5-12(15)17-13/h2-6H,1H3,(H3,15,16,17). The highest BCUT2D eigenvalue weighted by Gasteiger charge is 2.16. The minimum Gasteiger partial charge on any atom is -0.384 e. The monoisotopic (exact) mass is 269 g/mol. The van der Waals surface area contributed by atoms with Crippen molar-refractivity contribution < 1.29 is 4.92 Å². The predicted molar refractivity (Wildman–Crippen MR) is 74.5 cm³/mol. The van der Waals surface area contributed by atoms with Gasteiger partial charge in [-0.3, -0.25) is 10.1 Å². The molecule has 20 heavy (non-hydrogen) atoms. The number of benzene rings is 1. The molecule has 0 aliphatic carbocycles. The van der Waals surface area contributed by atoms with Crippen LogP contribution in [0.3, 0.4) is 0 Å². The molecule has 0 saturated carbocycles. The van der Waals surface area contributed by atoms with Crippen LogP contribution in [0.5, 0.6) is 0 Å². The van der Waals surface area contributed by atoms with Gasteiger partial charge in [0.05, 0.1) is 16.6 Å². The number of nitriles is 1.